The molecule has 0 fully saturated rings. The van der Waals surface area contributed by atoms with Crippen LogP contribution < -0.4 is 4.74 Å². The summed E-state index contributed by atoms with van der Waals surface area (Å²) < 4.78 is 6.65. The lowest BCUT2D eigenvalue weighted by molar-refractivity contribution is 0.464. The van der Waals surface area contributed by atoms with Crippen molar-refractivity contribution in [1.29, 1.82) is 0 Å². The molecule has 0 saturated heterocycles. The molecule has 2 heteroatoms. The number of rotatable bonds is 1. The van der Waals surface area contributed by atoms with E-state index in [9.17, 15) is 0 Å². The summed E-state index contributed by atoms with van der Waals surface area (Å²) in [6.07, 6.45) is 0. The van der Waals surface area contributed by atoms with Gasteiger partial charge >= 0.3 is 0 Å². The Kier molecular flexibility index (Phi) is 3.65. The van der Waals surface area contributed by atoms with E-state index in [-0.39, 0.29) is 5.92 Å². The van der Waals surface area contributed by atoms with Gasteiger partial charge in [-0.2, -0.15) is 0 Å². The quantitative estimate of drug-likeness (QED) is 0.276. The first-order valence-corrected chi connectivity index (χ1v) is 10.1. The molecule has 0 amide bonds. The lowest BCUT2D eigenvalue weighted by Crippen LogP contribution is -2.12. The van der Waals surface area contributed by atoms with Gasteiger partial charge in [-0.25, -0.2) is 0 Å². The summed E-state index contributed by atoms with van der Waals surface area (Å²) in [6, 6.07) is 33.7. The molecule has 0 radical (unpaired) electrons. The van der Waals surface area contributed by atoms with E-state index in [1.54, 1.807) is 0 Å². The van der Waals surface area contributed by atoms with Crippen LogP contribution in [-0.4, -0.2) is 0 Å². The lowest BCUT2D eigenvalue weighted by atomic mass is 9.81. The highest BCUT2D eigenvalue weighted by Gasteiger charge is 2.31. The minimum Gasteiger partial charge on any atom is -0.455 e. The molecule has 1 aliphatic heterocycles. The van der Waals surface area contributed by atoms with Crippen LogP contribution in [0.15, 0.2) is 97.1 Å². The molecular weight excluding hydrogens is 376 g/mol. The smallest absolute Gasteiger partial charge is 0.139 e. The SMILES string of the molecule is Clc1cccc(C2c3ccc4ccccc4c3Oc3c2ccc2ccccc32)c1. The van der Waals surface area contributed by atoms with Gasteiger partial charge in [-0.3, -0.25) is 0 Å². The molecule has 0 N–H and O–H groups in total. The van der Waals surface area contributed by atoms with Crippen molar-refractivity contribution in [2.24, 2.45) is 0 Å². The van der Waals surface area contributed by atoms with Gasteiger partial charge in [0.05, 0.1) is 0 Å². The molecular formula is C27H17ClO. The number of halogens is 1. The van der Waals surface area contributed by atoms with E-state index < -0.39 is 0 Å². The van der Waals surface area contributed by atoms with Crippen LogP contribution in [0.4, 0.5) is 0 Å². The molecule has 1 nitrogen and oxygen atoms in total. The van der Waals surface area contributed by atoms with E-state index in [1.165, 1.54) is 27.5 Å². The maximum atomic E-state index is 6.65. The molecule has 29 heavy (non-hydrogen) atoms. The summed E-state index contributed by atoms with van der Waals surface area (Å²) in [5.41, 5.74) is 3.52. The first-order chi connectivity index (χ1) is 14.3. The zero-order valence-corrected chi connectivity index (χ0v) is 16.4. The Morgan fingerprint density at radius 2 is 1.17 bits per heavy atom. The summed E-state index contributed by atoms with van der Waals surface area (Å²) in [6.45, 7) is 0. The number of fused-ring (bicyclic) bond motifs is 6. The van der Waals surface area contributed by atoms with Crippen molar-refractivity contribution in [3.05, 3.63) is 119 Å². The van der Waals surface area contributed by atoms with Crippen molar-refractivity contribution < 1.29 is 4.74 Å². The van der Waals surface area contributed by atoms with E-state index in [0.717, 1.165) is 27.3 Å². The molecule has 5 aromatic carbocycles. The molecule has 0 atom stereocenters. The van der Waals surface area contributed by atoms with Crippen LogP contribution in [0.3, 0.4) is 0 Å². The topological polar surface area (TPSA) is 9.23 Å². The second-order valence-electron chi connectivity index (χ2n) is 7.50. The largest absolute Gasteiger partial charge is 0.455 e. The molecule has 138 valence electrons. The normalized spacial score (nSPS) is 13.1. The van der Waals surface area contributed by atoms with Crippen molar-refractivity contribution in [3.8, 4) is 11.5 Å². The second-order valence-corrected chi connectivity index (χ2v) is 7.94. The predicted octanol–water partition coefficient (Wildman–Crippen LogP) is 7.93. The van der Waals surface area contributed by atoms with Crippen molar-refractivity contribution >= 4 is 33.1 Å². The summed E-state index contributed by atoms with van der Waals surface area (Å²) in [7, 11) is 0. The van der Waals surface area contributed by atoms with Crippen LogP contribution in [0.25, 0.3) is 21.5 Å². The van der Waals surface area contributed by atoms with Crippen LogP contribution in [-0.2, 0) is 0 Å². The number of ether oxygens (including phenoxy) is 1. The molecule has 0 aliphatic carbocycles. The first kappa shape index (κ1) is 16.6. The first-order valence-electron chi connectivity index (χ1n) is 9.76. The van der Waals surface area contributed by atoms with Gasteiger partial charge < -0.3 is 4.74 Å². The molecule has 6 rings (SSSR count). The van der Waals surface area contributed by atoms with Gasteiger partial charge in [0.25, 0.3) is 0 Å². The fourth-order valence-corrected chi connectivity index (χ4v) is 4.72. The number of hydrogen-bond acceptors (Lipinski definition) is 1. The zero-order valence-electron chi connectivity index (χ0n) is 15.6. The van der Waals surface area contributed by atoms with Crippen molar-refractivity contribution in [2.75, 3.05) is 0 Å². The summed E-state index contributed by atoms with van der Waals surface area (Å²) in [5.74, 6) is 1.95. The highest BCUT2D eigenvalue weighted by atomic mass is 35.5. The van der Waals surface area contributed by atoms with Crippen molar-refractivity contribution in [2.45, 2.75) is 5.92 Å². The average Bonchev–Trinajstić information content (AvgIpc) is 2.77. The minimum atomic E-state index is 0.0710. The van der Waals surface area contributed by atoms with Crippen molar-refractivity contribution in [1.82, 2.24) is 0 Å². The van der Waals surface area contributed by atoms with Gasteiger partial charge in [0.1, 0.15) is 11.5 Å². The highest BCUT2D eigenvalue weighted by Crippen LogP contribution is 2.52. The van der Waals surface area contributed by atoms with Gasteiger partial charge in [0.2, 0.25) is 0 Å². The Bertz CT molecular complexity index is 1320. The minimum absolute atomic E-state index is 0.0710. The Hall–Kier alpha value is -3.29. The van der Waals surface area contributed by atoms with Crippen LogP contribution in [0.2, 0.25) is 5.02 Å². The Morgan fingerprint density at radius 1 is 0.586 bits per heavy atom. The maximum Gasteiger partial charge on any atom is 0.139 e. The van der Waals surface area contributed by atoms with Gasteiger partial charge in [0.15, 0.2) is 0 Å². The molecule has 0 bridgehead atoms. The van der Waals surface area contributed by atoms with Crippen molar-refractivity contribution in [3.63, 3.8) is 0 Å². The van der Waals surface area contributed by atoms with Gasteiger partial charge in [-0.15, -0.1) is 0 Å². The summed E-state index contributed by atoms with van der Waals surface area (Å²) >= 11 is 6.38. The molecule has 0 saturated carbocycles. The highest BCUT2D eigenvalue weighted by molar-refractivity contribution is 6.30. The standard InChI is InChI=1S/C27H17ClO/c28-20-9-5-8-19(16-20)25-23-14-12-17-6-1-3-10-21(17)26(23)29-27-22-11-4-2-7-18(22)13-15-24(25)27/h1-16,25H. The average molecular weight is 393 g/mol. The fraction of sp³-hybridized carbons (Fsp3) is 0.0370. The predicted molar refractivity (Wildman–Crippen MR) is 120 cm³/mol. The van der Waals surface area contributed by atoms with E-state index >= 15 is 0 Å². The maximum absolute atomic E-state index is 6.65. The molecule has 0 unspecified atom stereocenters. The second kappa shape index (κ2) is 6.37. The number of hydrogen-bond donors (Lipinski definition) is 0. The van der Waals surface area contributed by atoms with E-state index in [1.807, 2.05) is 12.1 Å². The molecule has 0 spiro atoms. The van der Waals surface area contributed by atoms with E-state index in [0.29, 0.717) is 0 Å². The third-order valence-electron chi connectivity index (χ3n) is 5.83. The van der Waals surface area contributed by atoms with E-state index in [4.69, 9.17) is 16.3 Å². The zero-order chi connectivity index (χ0) is 19.4. The third-order valence-corrected chi connectivity index (χ3v) is 6.06. The van der Waals surface area contributed by atoms with Crippen LogP contribution >= 0.6 is 11.6 Å². The number of benzene rings is 5. The van der Waals surface area contributed by atoms with Gasteiger partial charge in [-0.05, 0) is 28.5 Å². The van der Waals surface area contributed by atoms with Gasteiger partial charge in [-0.1, -0.05) is 96.5 Å². The Balaban J connectivity index is 1.72. The third kappa shape index (κ3) is 2.55. The van der Waals surface area contributed by atoms with Crippen LogP contribution in [0.1, 0.15) is 22.6 Å². The van der Waals surface area contributed by atoms with Gasteiger partial charge in [0, 0.05) is 32.8 Å². The summed E-state index contributed by atoms with van der Waals surface area (Å²) in [5, 5.41) is 5.38. The molecule has 1 aliphatic rings. The van der Waals surface area contributed by atoms with Crippen LogP contribution in [0.5, 0.6) is 11.5 Å². The lowest BCUT2D eigenvalue weighted by Gasteiger charge is -2.30. The Morgan fingerprint density at radius 3 is 1.76 bits per heavy atom. The fourth-order valence-electron chi connectivity index (χ4n) is 4.52. The molecule has 0 aromatic heterocycles. The summed E-state index contributed by atoms with van der Waals surface area (Å²) in [4.78, 5) is 0. The Labute approximate surface area is 174 Å². The van der Waals surface area contributed by atoms with E-state index in [2.05, 4.69) is 84.9 Å². The van der Waals surface area contributed by atoms with Crippen LogP contribution in [0, 0.1) is 0 Å². The molecule has 1 heterocycles. The monoisotopic (exact) mass is 392 g/mol. The molecule has 5 aromatic rings.